The van der Waals surface area contributed by atoms with Gasteiger partial charge in [-0.25, -0.2) is 4.79 Å². The molecule has 0 bridgehead atoms. The van der Waals surface area contributed by atoms with Crippen LogP contribution >= 0.6 is 0 Å². The van der Waals surface area contributed by atoms with E-state index < -0.39 is 36.0 Å². The Labute approximate surface area is 200 Å². The van der Waals surface area contributed by atoms with Crippen molar-refractivity contribution in [3.63, 3.8) is 0 Å². The topological polar surface area (TPSA) is 197 Å². The number of guanidine groups is 1. The number of carboxylic acids is 1. The Morgan fingerprint density at radius 3 is 2.29 bits per heavy atom. The lowest BCUT2D eigenvalue weighted by Gasteiger charge is -2.34. The number of likely N-dealkylation sites (tertiary alicyclic amines) is 2. The summed E-state index contributed by atoms with van der Waals surface area (Å²) in [4.78, 5) is 57.7. The summed E-state index contributed by atoms with van der Waals surface area (Å²) in [5, 5.41) is 12.2. The van der Waals surface area contributed by atoms with E-state index >= 15 is 0 Å². The quantitative estimate of drug-likeness (QED) is 0.140. The average molecular weight is 482 g/mol. The molecule has 192 valence electrons. The molecule has 0 aliphatic carbocycles. The normalized spacial score (nSPS) is 22.7. The molecule has 3 amide bonds. The van der Waals surface area contributed by atoms with Crippen LogP contribution in [0.15, 0.2) is 4.99 Å². The van der Waals surface area contributed by atoms with Crippen molar-refractivity contribution in [3.8, 4) is 0 Å². The highest BCUT2D eigenvalue weighted by Gasteiger charge is 2.44. The van der Waals surface area contributed by atoms with Gasteiger partial charge in [0, 0.05) is 19.6 Å². The highest BCUT2D eigenvalue weighted by molar-refractivity contribution is 5.94. The number of carboxylic acid groups (broad SMARTS) is 1. The number of nitrogens with one attached hydrogen (secondary N) is 1. The third-order valence-corrected chi connectivity index (χ3v) is 6.72. The molecule has 0 aromatic heterocycles. The number of nitrogens with zero attached hydrogens (tertiary/aromatic N) is 3. The largest absolute Gasteiger partial charge is 0.480 e. The van der Waals surface area contributed by atoms with Crippen molar-refractivity contribution in [1.29, 1.82) is 0 Å². The molecule has 34 heavy (non-hydrogen) atoms. The molecule has 8 N–H and O–H groups in total. The van der Waals surface area contributed by atoms with Crippen LogP contribution in [0, 0.1) is 5.92 Å². The molecule has 2 fully saturated rings. The smallest absolute Gasteiger partial charge is 0.326 e. The molecular weight excluding hydrogens is 442 g/mol. The highest BCUT2D eigenvalue weighted by Crippen LogP contribution is 2.26. The molecule has 0 aromatic rings. The summed E-state index contributed by atoms with van der Waals surface area (Å²) in [6.07, 6.45) is 3.64. The van der Waals surface area contributed by atoms with E-state index in [1.165, 1.54) is 9.80 Å². The van der Waals surface area contributed by atoms with E-state index in [-0.39, 0.29) is 23.7 Å². The van der Waals surface area contributed by atoms with E-state index in [0.29, 0.717) is 64.6 Å². The van der Waals surface area contributed by atoms with Crippen LogP contribution in [0.5, 0.6) is 0 Å². The Morgan fingerprint density at radius 2 is 1.71 bits per heavy atom. The van der Waals surface area contributed by atoms with Gasteiger partial charge in [0.15, 0.2) is 5.96 Å². The maximum atomic E-state index is 13.5. The number of aliphatic carboxylic acids is 1. The van der Waals surface area contributed by atoms with E-state index in [0.717, 1.165) is 0 Å². The van der Waals surface area contributed by atoms with Gasteiger partial charge in [-0.15, -0.1) is 0 Å². The molecule has 2 rings (SSSR count). The lowest BCUT2D eigenvalue weighted by Crippen LogP contribution is -2.58. The predicted molar refractivity (Wildman–Crippen MR) is 126 cm³/mol. The van der Waals surface area contributed by atoms with E-state index in [4.69, 9.17) is 17.2 Å². The van der Waals surface area contributed by atoms with Gasteiger partial charge in [0.2, 0.25) is 17.7 Å². The second-order valence-corrected chi connectivity index (χ2v) is 9.14. The van der Waals surface area contributed by atoms with E-state index in [1.54, 1.807) is 0 Å². The third-order valence-electron chi connectivity index (χ3n) is 6.72. The van der Waals surface area contributed by atoms with Crippen LogP contribution in [-0.2, 0) is 19.2 Å². The Hall–Kier alpha value is -2.89. The van der Waals surface area contributed by atoms with Gasteiger partial charge in [0.1, 0.15) is 18.1 Å². The molecule has 5 atom stereocenters. The zero-order chi connectivity index (χ0) is 25.4. The van der Waals surface area contributed by atoms with Crippen LogP contribution in [0.4, 0.5) is 0 Å². The molecule has 2 heterocycles. The molecule has 2 saturated heterocycles. The summed E-state index contributed by atoms with van der Waals surface area (Å²) in [7, 11) is 0. The fourth-order valence-electron chi connectivity index (χ4n) is 4.54. The van der Waals surface area contributed by atoms with Crippen molar-refractivity contribution in [1.82, 2.24) is 15.1 Å². The van der Waals surface area contributed by atoms with Crippen LogP contribution in [0.2, 0.25) is 0 Å². The van der Waals surface area contributed by atoms with Crippen molar-refractivity contribution >= 4 is 29.7 Å². The van der Waals surface area contributed by atoms with Gasteiger partial charge in [0.25, 0.3) is 0 Å². The lowest BCUT2D eigenvalue weighted by molar-refractivity contribution is -0.152. The summed E-state index contributed by atoms with van der Waals surface area (Å²) >= 11 is 0. The minimum absolute atomic E-state index is 0.0289. The maximum Gasteiger partial charge on any atom is 0.326 e. The second kappa shape index (κ2) is 12.5. The van der Waals surface area contributed by atoms with Crippen LogP contribution in [0.25, 0.3) is 0 Å². The van der Waals surface area contributed by atoms with Crippen LogP contribution in [0.3, 0.4) is 0 Å². The zero-order valence-corrected chi connectivity index (χ0v) is 20.1. The zero-order valence-electron chi connectivity index (χ0n) is 20.1. The minimum Gasteiger partial charge on any atom is -0.480 e. The number of hydrogen-bond donors (Lipinski definition) is 5. The van der Waals surface area contributed by atoms with Gasteiger partial charge in [-0.3, -0.25) is 19.4 Å². The summed E-state index contributed by atoms with van der Waals surface area (Å²) < 4.78 is 0. The fraction of sp³-hybridized carbons (Fsp3) is 0.773. The van der Waals surface area contributed by atoms with Gasteiger partial charge < -0.3 is 37.4 Å². The Bertz CT molecular complexity index is 786. The van der Waals surface area contributed by atoms with Gasteiger partial charge in [-0.2, -0.15) is 0 Å². The molecule has 0 aromatic carbocycles. The van der Waals surface area contributed by atoms with E-state index in [9.17, 15) is 24.3 Å². The average Bonchev–Trinajstić information content (AvgIpc) is 3.48. The number of hydrogen-bond acceptors (Lipinski definition) is 6. The molecule has 0 saturated carbocycles. The standard InChI is InChI=1S/C22H39N7O5/c1-3-13(2)17(27-18(30)14(23)7-4-10-26-22(24)25)20(32)28-11-5-8-15(28)19(31)29-12-6-9-16(29)21(33)34/h13-17H,3-12,23H2,1-2H3,(H,27,30)(H,33,34)(H4,24,25,26). The first-order chi connectivity index (χ1) is 16.1. The van der Waals surface area contributed by atoms with E-state index in [2.05, 4.69) is 10.3 Å². The van der Waals surface area contributed by atoms with Gasteiger partial charge in [-0.05, 0) is 44.4 Å². The first-order valence-corrected chi connectivity index (χ1v) is 12.0. The number of nitrogens with two attached hydrogens (primary N) is 3. The van der Waals surface area contributed by atoms with Crippen molar-refractivity contribution in [2.24, 2.45) is 28.1 Å². The first kappa shape index (κ1) is 27.4. The highest BCUT2D eigenvalue weighted by atomic mass is 16.4. The molecule has 2 aliphatic rings. The summed E-state index contributed by atoms with van der Waals surface area (Å²) in [6, 6.07) is -3.23. The summed E-state index contributed by atoms with van der Waals surface area (Å²) in [6.45, 7) is 4.88. The fourth-order valence-corrected chi connectivity index (χ4v) is 4.54. The van der Waals surface area contributed by atoms with Crippen LogP contribution < -0.4 is 22.5 Å². The molecule has 12 heteroatoms. The Kier molecular flexibility index (Phi) is 10.1. The van der Waals surface area contributed by atoms with Gasteiger partial charge in [-0.1, -0.05) is 20.3 Å². The molecule has 0 radical (unpaired) electrons. The molecule has 2 aliphatic heterocycles. The number of aliphatic imine (C=N–C) groups is 1. The number of amides is 3. The maximum absolute atomic E-state index is 13.5. The monoisotopic (exact) mass is 481 g/mol. The van der Waals surface area contributed by atoms with Crippen LogP contribution in [0.1, 0.15) is 58.8 Å². The molecule has 0 spiro atoms. The SMILES string of the molecule is CCC(C)C(NC(=O)C(N)CCCN=C(N)N)C(=O)N1CCCC1C(=O)N1CCCC1C(=O)O. The van der Waals surface area contributed by atoms with Gasteiger partial charge in [0.05, 0.1) is 6.04 Å². The second-order valence-electron chi connectivity index (χ2n) is 9.14. The van der Waals surface area contributed by atoms with Crippen molar-refractivity contribution in [2.45, 2.75) is 83.0 Å². The van der Waals surface area contributed by atoms with E-state index in [1.807, 2.05) is 13.8 Å². The third kappa shape index (κ3) is 6.81. The number of carbonyl (C=O) groups excluding carboxylic acids is 3. The summed E-state index contributed by atoms with van der Waals surface area (Å²) in [5.74, 6) is -2.35. The first-order valence-electron chi connectivity index (χ1n) is 12.0. The lowest BCUT2D eigenvalue weighted by atomic mass is 9.96. The Balaban J connectivity index is 2.08. The predicted octanol–water partition coefficient (Wildman–Crippen LogP) is -1.04. The van der Waals surface area contributed by atoms with Crippen LogP contribution in [-0.4, -0.2) is 88.4 Å². The Morgan fingerprint density at radius 1 is 1.09 bits per heavy atom. The van der Waals surface area contributed by atoms with Gasteiger partial charge >= 0.3 is 5.97 Å². The minimum atomic E-state index is -1.03. The summed E-state index contributed by atoms with van der Waals surface area (Å²) in [5.41, 5.74) is 16.6. The number of rotatable bonds is 11. The molecule has 12 nitrogen and oxygen atoms in total. The van der Waals surface area contributed by atoms with Crippen molar-refractivity contribution < 1.29 is 24.3 Å². The van der Waals surface area contributed by atoms with Crippen molar-refractivity contribution in [2.75, 3.05) is 19.6 Å². The molecular formula is C22H39N7O5. The van der Waals surface area contributed by atoms with Crippen molar-refractivity contribution in [3.05, 3.63) is 0 Å². The number of carbonyl (C=O) groups is 4. The molecule has 5 unspecified atom stereocenters.